The van der Waals surface area contributed by atoms with Crippen molar-refractivity contribution in [3.8, 4) is 0 Å². The van der Waals surface area contributed by atoms with Gasteiger partial charge in [-0.1, -0.05) is 12.1 Å². The lowest BCUT2D eigenvalue weighted by molar-refractivity contribution is -0.137. The Labute approximate surface area is 135 Å². The van der Waals surface area contributed by atoms with Crippen molar-refractivity contribution in [2.45, 2.75) is 12.7 Å². The number of alkyl halides is 3. The zero-order chi connectivity index (χ0) is 17.7. The van der Waals surface area contributed by atoms with E-state index in [1.54, 1.807) is 12.1 Å². The lowest BCUT2D eigenvalue weighted by atomic mass is 10.1. The number of pyridine rings is 1. The van der Waals surface area contributed by atoms with Crippen LogP contribution in [0.25, 0.3) is 6.08 Å². The highest BCUT2D eigenvalue weighted by molar-refractivity contribution is 5.94. The molecule has 1 aromatic heterocycles. The number of amides is 1. The number of nitrogens with one attached hydrogen (secondary N) is 1. The summed E-state index contributed by atoms with van der Waals surface area (Å²) in [6, 6.07) is 7.94. The maximum atomic E-state index is 12.7. The number of benzene rings is 1. The Bertz CT molecular complexity index is 773. The number of hydrogen-bond acceptors (Lipinski definition) is 4. The second kappa shape index (κ2) is 7.03. The van der Waals surface area contributed by atoms with E-state index in [0.29, 0.717) is 11.3 Å². The van der Waals surface area contributed by atoms with Crippen LogP contribution in [0.3, 0.4) is 0 Å². The lowest BCUT2D eigenvalue weighted by Gasteiger charge is -2.11. The molecule has 0 unspecified atom stereocenters. The highest BCUT2D eigenvalue weighted by Crippen LogP contribution is 2.30. The van der Waals surface area contributed by atoms with Crippen LogP contribution in [0.4, 0.5) is 18.9 Å². The van der Waals surface area contributed by atoms with Crippen molar-refractivity contribution < 1.29 is 23.1 Å². The normalized spacial score (nSPS) is 12.0. The van der Waals surface area contributed by atoms with E-state index in [0.717, 1.165) is 18.2 Å². The van der Waals surface area contributed by atoms with Gasteiger partial charge in [0.05, 0.1) is 17.8 Å². The molecule has 2 aromatic rings. The zero-order valence-electron chi connectivity index (χ0n) is 12.3. The second-order valence-corrected chi connectivity index (χ2v) is 4.87. The van der Waals surface area contributed by atoms with Gasteiger partial charge < -0.3 is 16.2 Å². The first-order valence-electron chi connectivity index (χ1n) is 6.83. The summed E-state index contributed by atoms with van der Waals surface area (Å²) in [4.78, 5) is 15.0. The fraction of sp³-hybridized carbons (Fsp3) is 0.125. The molecular formula is C16H14F3N3O2. The smallest absolute Gasteiger partial charge is 0.416 e. The van der Waals surface area contributed by atoms with E-state index < -0.39 is 23.4 Å². The van der Waals surface area contributed by atoms with E-state index in [1.165, 1.54) is 18.3 Å². The van der Waals surface area contributed by atoms with E-state index in [2.05, 4.69) is 10.3 Å². The molecule has 0 spiro atoms. The Kier molecular flexibility index (Phi) is 5.08. The third-order valence-electron chi connectivity index (χ3n) is 3.12. The number of aliphatic hydroxyl groups is 1. The fourth-order valence-electron chi connectivity index (χ4n) is 1.94. The van der Waals surface area contributed by atoms with Gasteiger partial charge in [0.25, 0.3) is 5.91 Å². The van der Waals surface area contributed by atoms with Gasteiger partial charge in [0.15, 0.2) is 5.76 Å². The molecule has 0 radical (unpaired) electrons. The van der Waals surface area contributed by atoms with Crippen LogP contribution < -0.4 is 11.1 Å². The number of nitrogens with two attached hydrogens (primary N) is 1. The topological polar surface area (TPSA) is 88.2 Å². The lowest BCUT2D eigenvalue weighted by Crippen LogP contribution is -2.13. The molecule has 24 heavy (non-hydrogen) atoms. The summed E-state index contributed by atoms with van der Waals surface area (Å²) in [5.74, 6) is -1.63. The molecule has 0 aliphatic carbocycles. The first kappa shape index (κ1) is 17.3. The van der Waals surface area contributed by atoms with Crippen LogP contribution in [-0.4, -0.2) is 16.0 Å². The van der Waals surface area contributed by atoms with Crippen LogP contribution in [-0.2, 0) is 17.5 Å². The van der Waals surface area contributed by atoms with Crippen LogP contribution in [0, 0.1) is 0 Å². The van der Waals surface area contributed by atoms with Gasteiger partial charge in [0.1, 0.15) is 0 Å². The molecule has 0 fully saturated rings. The molecule has 0 atom stereocenters. The van der Waals surface area contributed by atoms with Crippen LogP contribution in [0.15, 0.2) is 48.4 Å². The Morgan fingerprint density at radius 3 is 2.71 bits per heavy atom. The number of rotatable bonds is 5. The van der Waals surface area contributed by atoms with Gasteiger partial charge in [0.2, 0.25) is 0 Å². The zero-order valence-corrected chi connectivity index (χ0v) is 12.3. The number of primary amides is 1. The predicted octanol–water partition coefficient (Wildman–Crippen LogP) is 3.10. The molecule has 126 valence electrons. The molecule has 1 aromatic carbocycles. The van der Waals surface area contributed by atoms with Gasteiger partial charge in [-0.15, -0.1) is 0 Å². The molecule has 0 aliphatic heterocycles. The summed E-state index contributed by atoms with van der Waals surface area (Å²) < 4.78 is 38.1. The highest BCUT2D eigenvalue weighted by Gasteiger charge is 2.30. The van der Waals surface area contributed by atoms with Gasteiger partial charge >= 0.3 is 6.18 Å². The Balaban J connectivity index is 2.19. The molecule has 0 aliphatic rings. The van der Waals surface area contributed by atoms with E-state index in [9.17, 15) is 23.1 Å². The van der Waals surface area contributed by atoms with Gasteiger partial charge in [-0.25, -0.2) is 0 Å². The molecule has 1 heterocycles. The van der Waals surface area contributed by atoms with Crippen molar-refractivity contribution in [2.24, 2.45) is 5.73 Å². The number of anilines is 1. The number of carbonyl (C=O) groups excluding carboxylic acids is 1. The molecule has 8 heteroatoms. The maximum absolute atomic E-state index is 12.7. The Hall–Kier alpha value is -3.03. The summed E-state index contributed by atoms with van der Waals surface area (Å²) in [5, 5.41) is 12.3. The predicted molar refractivity (Wildman–Crippen MR) is 82.8 cm³/mol. The van der Waals surface area contributed by atoms with Crippen LogP contribution in [0.1, 0.15) is 16.8 Å². The largest absolute Gasteiger partial charge is 0.503 e. The quantitative estimate of drug-likeness (QED) is 0.578. The first-order chi connectivity index (χ1) is 11.3. The third-order valence-corrected chi connectivity index (χ3v) is 3.12. The van der Waals surface area contributed by atoms with Crippen LogP contribution >= 0.6 is 0 Å². The Morgan fingerprint density at radius 2 is 2.04 bits per heavy atom. The minimum Gasteiger partial charge on any atom is -0.503 e. The molecular weight excluding hydrogens is 323 g/mol. The van der Waals surface area contributed by atoms with Crippen molar-refractivity contribution in [1.29, 1.82) is 0 Å². The number of aromatic nitrogens is 1. The van der Waals surface area contributed by atoms with Gasteiger partial charge in [-0.2, -0.15) is 13.2 Å². The molecule has 0 saturated carbocycles. The summed E-state index contributed by atoms with van der Waals surface area (Å²) in [6.07, 6.45) is -1.79. The number of aliphatic hydroxyl groups excluding tert-OH is 1. The van der Waals surface area contributed by atoms with Gasteiger partial charge in [0, 0.05) is 17.4 Å². The standard InChI is InChI=1S/C16H14F3N3O2/c17-16(18,19)11-4-1-5-12(8-11)22-9-13-10(3-2-6-21-13)7-14(23)15(20)24/h1-8,22-23H,9H2,(H2,20,24)/b14-7-. The summed E-state index contributed by atoms with van der Waals surface area (Å²) in [7, 11) is 0. The highest BCUT2D eigenvalue weighted by atomic mass is 19.4. The SMILES string of the molecule is NC(=O)/C(O)=C/c1cccnc1CNc1cccc(C(F)(F)F)c1. The van der Waals surface area contributed by atoms with Crippen molar-refractivity contribution in [1.82, 2.24) is 4.98 Å². The van der Waals surface area contributed by atoms with Crippen molar-refractivity contribution in [3.05, 3.63) is 65.2 Å². The summed E-state index contributed by atoms with van der Waals surface area (Å²) in [5.41, 5.74) is 5.32. The van der Waals surface area contributed by atoms with Crippen LogP contribution in [0.5, 0.6) is 0 Å². The summed E-state index contributed by atoms with van der Waals surface area (Å²) in [6.45, 7) is 0.0972. The number of carbonyl (C=O) groups is 1. The van der Waals surface area contributed by atoms with E-state index >= 15 is 0 Å². The minimum absolute atomic E-state index is 0.0972. The average molecular weight is 337 g/mol. The molecule has 4 N–H and O–H groups in total. The first-order valence-corrected chi connectivity index (χ1v) is 6.83. The third kappa shape index (κ3) is 4.48. The molecule has 2 rings (SSSR count). The Morgan fingerprint density at radius 1 is 1.29 bits per heavy atom. The van der Waals surface area contributed by atoms with Crippen molar-refractivity contribution in [2.75, 3.05) is 5.32 Å². The van der Waals surface area contributed by atoms with Gasteiger partial charge in [-0.3, -0.25) is 9.78 Å². The van der Waals surface area contributed by atoms with Crippen molar-refractivity contribution >= 4 is 17.7 Å². The molecule has 5 nitrogen and oxygen atoms in total. The molecule has 0 saturated heterocycles. The second-order valence-electron chi connectivity index (χ2n) is 4.87. The maximum Gasteiger partial charge on any atom is 0.416 e. The number of hydrogen-bond donors (Lipinski definition) is 3. The van der Waals surface area contributed by atoms with E-state index in [-0.39, 0.29) is 12.2 Å². The van der Waals surface area contributed by atoms with E-state index in [4.69, 9.17) is 5.73 Å². The summed E-state index contributed by atoms with van der Waals surface area (Å²) >= 11 is 0. The molecule has 0 bridgehead atoms. The van der Waals surface area contributed by atoms with E-state index in [1.807, 2.05) is 0 Å². The average Bonchev–Trinajstić information content (AvgIpc) is 2.53. The monoisotopic (exact) mass is 337 g/mol. The molecule has 1 amide bonds. The fourth-order valence-corrected chi connectivity index (χ4v) is 1.94. The number of halogens is 3. The van der Waals surface area contributed by atoms with Crippen molar-refractivity contribution in [3.63, 3.8) is 0 Å². The van der Waals surface area contributed by atoms with Gasteiger partial charge in [-0.05, 0) is 30.3 Å². The van der Waals surface area contributed by atoms with Crippen LogP contribution in [0.2, 0.25) is 0 Å². The minimum atomic E-state index is -4.43. The number of nitrogens with zero attached hydrogens (tertiary/aromatic N) is 1.